The van der Waals surface area contributed by atoms with Crippen LogP contribution in [0, 0.1) is 24.2 Å². The summed E-state index contributed by atoms with van der Waals surface area (Å²) in [6.07, 6.45) is 0. The molecule has 29 heavy (non-hydrogen) atoms. The van der Waals surface area contributed by atoms with Crippen molar-refractivity contribution in [2.75, 3.05) is 32.9 Å². The highest BCUT2D eigenvalue weighted by molar-refractivity contribution is 7.17. The first kappa shape index (κ1) is 24.5. The molecule has 0 aliphatic carbocycles. The SMILES string of the molecule is Cc1nc(-c2ccc(OCC(C)C)c(C#N)c2)sc1C(=O)O.OCCNCCO. The van der Waals surface area contributed by atoms with E-state index in [2.05, 4.69) is 16.4 Å². The van der Waals surface area contributed by atoms with Gasteiger partial charge in [0.2, 0.25) is 0 Å². The molecule has 0 amide bonds. The average molecular weight is 422 g/mol. The summed E-state index contributed by atoms with van der Waals surface area (Å²) >= 11 is 1.10. The van der Waals surface area contributed by atoms with Crippen LogP contribution < -0.4 is 10.1 Å². The minimum absolute atomic E-state index is 0.139. The number of rotatable bonds is 9. The number of aromatic carboxylic acids is 1. The summed E-state index contributed by atoms with van der Waals surface area (Å²) < 4.78 is 5.61. The van der Waals surface area contributed by atoms with Crippen molar-refractivity contribution in [3.05, 3.63) is 34.3 Å². The van der Waals surface area contributed by atoms with Gasteiger partial charge in [0.05, 0.1) is 31.1 Å². The Balaban J connectivity index is 0.000000516. The van der Waals surface area contributed by atoms with E-state index in [1.807, 2.05) is 13.8 Å². The molecule has 0 saturated heterocycles. The number of aliphatic hydroxyl groups is 2. The van der Waals surface area contributed by atoms with Crippen molar-refractivity contribution in [2.45, 2.75) is 20.8 Å². The number of carboxylic acid groups (broad SMARTS) is 1. The van der Waals surface area contributed by atoms with Gasteiger partial charge in [-0.25, -0.2) is 9.78 Å². The zero-order chi connectivity index (χ0) is 21.8. The van der Waals surface area contributed by atoms with Gasteiger partial charge in [0, 0.05) is 18.7 Å². The lowest BCUT2D eigenvalue weighted by Crippen LogP contribution is -2.21. The lowest BCUT2D eigenvalue weighted by atomic mass is 10.1. The fraction of sp³-hybridized carbons (Fsp3) is 0.450. The van der Waals surface area contributed by atoms with Crippen LogP contribution in [0.2, 0.25) is 0 Å². The van der Waals surface area contributed by atoms with Gasteiger partial charge in [-0.3, -0.25) is 0 Å². The summed E-state index contributed by atoms with van der Waals surface area (Å²) in [6, 6.07) is 7.31. The monoisotopic (exact) mass is 421 g/mol. The number of benzene rings is 1. The van der Waals surface area contributed by atoms with Crippen molar-refractivity contribution in [3.8, 4) is 22.4 Å². The molecule has 1 aromatic heterocycles. The zero-order valence-electron chi connectivity index (χ0n) is 16.8. The third-order valence-corrected chi connectivity index (χ3v) is 4.68. The van der Waals surface area contributed by atoms with Gasteiger partial charge >= 0.3 is 5.97 Å². The molecule has 158 valence electrons. The van der Waals surface area contributed by atoms with E-state index in [1.54, 1.807) is 25.1 Å². The Labute approximate surface area is 174 Å². The van der Waals surface area contributed by atoms with E-state index in [0.717, 1.165) is 11.3 Å². The Kier molecular flexibility index (Phi) is 10.9. The van der Waals surface area contributed by atoms with Crippen molar-refractivity contribution < 1.29 is 24.9 Å². The number of ether oxygens (including phenoxy) is 1. The Morgan fingerprint density at radius 2 is 1.97 bits per heavy atom. The summed E-state index contributed by atoms with van der Waals surface area (Å²) in [5.41, 5.74) is 1.61. The van der Waals surface area contributed by atoms with Crippen molar-refractivity contribution in [1.82, 2.24) is 10.3 Å². The number of hydrogen-bond acceptors (Lipinski definition) is 8. The summed E-state index contributed by atoms with van der Waals surface area (Å²) in [4.78, 5) is 15.6. The van der Waals surface area contributed by atoms with Gasteiger partial charge in [-0.15, -0.1) is 11.3 Å². The molecule has 0 saturated carbocycles. The van der Waals surface area contributed by atoms with Gasteiger partial charge < -0.3 is 25.4 Å². The Bertz CT molecular complexity index is 826. The van der Waals surface area contributed by atoms with E-state index in [0.29, 0.717) is 53.2 Å². The molecule has 0 unspecified atom stereocenters. The molecule has 2 rings (SSSR count). The minimum Gasteiger partial charge on any atom is -0.492 e. The summed E-state index contributed by atoms with van der Waals surface area (Å²) in [7, 11) is 0. The van der Waals surface area contributed by atoms with Gasteiger partial charge in [-0.05, 0) is 31.0 Å². The van der Waals surface area contributed by atoms with Gasteiger partial charge in [-0.2, -0.15) is 5.26 Å². The molecule has 4 N–H and O–H groups in total. The first-order valence-electron chi connectivity index (χ1n) is 9.14. The average Bonchev–Trinajstić information content (AvgIpc) is 3.09. The highest BCUT2D eigenvalue weighted by atomic mass is 32.1. The van der Waals surface area contributed by atoms with Gasteiger partial charge in [0.25, 0.3) is 0 Å². The molecular formula is C20H27N3O5S. The molecular weight excluding hydrogens is 394 g/mol. The fourth-order valence-corrected chi connectivity index (χ4v) is 3.04. The second-order valence-corrected chi connectivity index (χ2v) is 7.46. The van der Waals surface area contributed by atoms with Crippen molar-refractivity contribution >= 4 is 17.3 Å². The third-order valence-electron chi connectivity index (χ3n) is 3.49. The van der Waals surface area contributed by atoms with E-state index >= 15 is 0 Å². The molecule has 0 spiro atoms. The quantitative estimate of drug-likeness (QED) is 0.453. The van der Waals surface area contributed by atoms with Crippen LogP contribution in [0.4, 0.5) is 0 Å². The molecule has 0 aliphatic heterocycles. The highest BCUT2D eigenvalue weighted by Gasteiger charge is 2.16. The third kappa shape index (κ3) is 8.17. The molecule has 9 heteroatoms. The first-order valence-corrected chi connectivity index (χ1v) is 9.96. The maximum atomic E-state index is 11.1. The Hall–Kier alpha value is -2.51. The number of carbonyl (C=O) groups is 1. The van der Waals surface area contributed by atoms with E-state index in [-0.39, 0.29) is 18.1 Å². The van der Waals surface area contributed by atoms with Crippen molar-refractivity contribution in [3.63, 3.8) is 0 Å². The van der Waals surface area contributed by atoms with Crippen LogP contribution in [-0.4, -0.2) is 59.2 Å². The topological polar surface area (TPSA) is 136 Å². The largest absolute Gasteiger partial charge is 0.492 e. The van der Waals surface area contributed by atoms with E-state index in [4.69, 9.17) is 20.1 Å². The molecule has 0 bridgehead atoms. The van der Waals surface area contributed by atoms with Gasteiger partial charge in [-0.1, -0.05) is 13.8 Å². The Morgan fingerprint density at radius 3 is 2.45 bits per heavy atom. The van der Waals surface area contributed by atoms with E-state index in [1.165, 1.54) is 0 Å². The smallest absolute Gasteiger partial charge is 0.347 e. The Morgan fingerprint density at radius 1 is 1.31 bits per heavy atom. The second-order valence-electron chi connectivity index (χ2n) is 6.46. The van der Waals surface area contributed by atoms with Crippen LogP contribution in [0.3, 0.4) is 0 Å². The number of aliphatic hydroxyl groups excluding tert-OH is 2. The van der Waals surface area contributed by atoms with Crippen LogP contribution in [-0.2, 0) is 0 Å². The summed E-state index contributed by atoms with van der Waals surface area (Å²) in [6.45, 7) is 7.68. The van der Waals surface area contributed by atoms with Gasteiger partial charge in [0.15, 0.2) is 0 Å². The normalized spacial score (nSPS) is 10.2. The molecule has 0 radical (unpaired) electrons. The van der Waals surface area contributed by atoms with Gasteiger partial charge in [0.1, 0.15) is 21.7 Å². The zero-order valence-corrected chi connectivity index (χ0v) is 17.6. The maximum Gasteiger partial charge on any atom is 0.347 e. The number of thiazole rings is 1. The molecule has 1 heterocycles. The number of nitrogens with zero attached hydrogens (tertiary/aromatic N) is 2. The standard InChI is InChI=1S/C16H16N2O3S.C4H11NO2/c1-9(2)8-21-13-5-4-11(6-12(13)7-17)15-18-10(3)14(22-15)16(19)20;6-3-1-5-2-4-7/h4-6,9H,8H2,1-3H3,(H,19,20);5-7H,1-4H2. The molecule has 0 aliphatic rings. The summed E-state index contributed by atoms with van der Waals surface area (Å²) in [5.74, 6) is -0.0868. The van der Waals surface area contributed by atoms with E-state index in [9.17, 15) is 10.1 Å². The van der Waals surface area contributed by atoms with Crippen LogP contribution in [0.5, 0.6) is 5.75 Å². The van der Waals surface area contributed by atoms with Crippen LogP contribution in [0.1, 0.15) is 34.8 Å². The molecule has 0 fully saturated rings. The van der Waals surface area contributed by atoms with E-state index < -0.39 is 5.97 Å². The number of aryl methyl sites for hydroxylation is 1. The van der Waals surface area contributed by atoms with Crippen molar-refractivity contribution in [2.24, 2.45) is 5.92 Å². The lowest BCUT2D eigenvalue weighted by Gasteiger charge is -2.10. The molecule has 2 aromatic rings. The first-order chi connectivity index (χ1) is 13.8. The highest BCUT2D eigenvalue weighted by Crippen LogP contribution is 2.31. The number of aromatic nitrogens is 1. The lowest BCUT2D eigenvalue weighted by molar-refractivity contribution is 0.0701. The molecule has 0 atom stereocenters. The van der Waals surface area contributed by atoms with Crippen molar-refractivity contribution in [1.29, 1.82) is 5.26 Å². The molecule has 1 aromatic carbocycles. The second kappa shape index (κ2) is 12.9. The fourth-order valence-electron chi connectivity index (χ4n) is 2.13. The number of nitrogens with one attached hydrogen (secondary N) is 1. The predicted molar refractivity (Wildman–Crippen MR) is 111 cm³/mol. The number of nitriles is 1. The molecule has 8 nitrogen and oxygen atoms in total. The van der Waals surface area contributed by atoms with Crippen LogP contribution >= 0.6 is 11.3 Å². The summed E-state index contributed by atoms with van der Waals surface area (Å²) in [5, 5.41) is 38.0. The number of carboxylic acids is 1. The predicted octanol–water partition coefficient (Wildman–Crippen LogP) is 2.28. The maximum absolute atomic E-state index is 11.1. The number of hydrogen-bond donors (Lipinski definition) is 4. The minimum atomic E-state index is -0.987. The van der Waals surface area contributed by atoms with Crippen LogP contribution in [0.25, 0.3) is 10.6 Å². The van der Waals surface area contributed by atoms with Crippen LogP contribution in [0.15, 0.2) is 18.2 Å².